The molecule has 31 heavy (non-hydrogen) atoms. The minimum absolute atomic E-state index is 0.214. The normalized spacial score (nSPS) is 24.3. The Kier molecular flexibility index (Phi) is 5.60. The minimum Gasteiger partial charge on any atom is -0.363 e. The number of nitrogens with one attached hydrogen (secondary N) is 2. The molecule has 3 unspecified atom stereocenters. The Morgan fingerprint density at radius 2 is 1.55 bits per heavy atom. The fraction of sp³-hybridized carbons (Fsp3) is 0.364. The van der Waals surface area contributed by atoms with E-state index in [0.717, 1.165) is 29.8 Å². The lowest BCUT2D eigenvalue weighted by molar-refractivity contribution is -0.287. The van der Waals surface area contributed by atoms with E-state index in [0.29, 0.717) is 0 Å². The second-order valence-electron chi connectivity index (χ2n) is 8.56. The quantitative estimate of drug-likeness (QED) is 0.496. The number of hydrogen-bond acceptors (Lipinski definition) is 3. The van der Waals surface area contributed by atoms with E-state index in [1.54, 1.807) is 12.1 Å². The average molecular weight is 438 g/mol. The number of carbonyl (C=O) groups excluding carboxylic acids is 2. The zero-order valence-corrected chi connectivity index (χ0v) is 17.0. The van der Waals surface area contributed by atoms with Crippen molar-refractivity contribution >= 4 is 11.8 Å². The Morgan fingerprint density at radius 3 is 2.03 bits per heavy atom. The van der Waals surface area contributed by atoms with Crippen LogP contribution in [0.4, 0.5) is 22.4 Å². The molecule has 166 valence electrons. The van der Waals surface area contributed by atoms with E-state index in [2.05, 4.69) is 5.32 Å². The van der Waals surface area contributed by atoms with Crippen molar-refractivity contribution in [1.82, 2.24) is 10.6 Å². The van der Waals surface area contributed by atoms with Gasteiger partial charge in [-0.2, -0.15) is 13.2 Å². The topological polar surface area (TPSA) is 78.4 Å². The molecular formula is C22H22F4N2O3. The highest BCUT2D eigenvalue weighted by molar-refractivity contribution is 6.00. The molecule has 0 bridgehead atoms. The zero-order valence-electron chi connectivity index (χ0n) is 17.0. The number of urea groups is 1. The van der Waals surface area contributed by atoms with Crippen molar-refractivity contribution in [3.63, 3.8) is 0 Å². The molecule has 0 radical (unpaired) electrons. The van der Waals surface area contributed by atoms with Crippen LogP contribution >= 0.6 is 0 Å². The molecule has 3 N–H and O–H groups in total. The number of carbonyl (C=O) groups is 2. The smallest absolute Gasteiger partial charge is 0.363 e. The van der Waals surface area contributed by atoms with Gasteiger partial charge in [0.2, 0.25) is 5.72 Å². The Hall–Kier alpha value is -2.94. The number of alkyl halides is 3. The van der Waals surface area contributed by atoms with E-state index >= 15 is 0 Å². The van der Waals surface area contributed by atoms with Crippen molar-refractivity contribution in [1.29, 1.82) is 0 Å². The van der Waals surface area contributed by atoms with Gasteiger partial charge in [0, 0.05) is 5.56 Å². The van der Waals surface area contributed by atoms with Crippen LogP contribution in [0.5, 0.6) is 0 Å². The molecule has 1 aliphatic rings. The van der Waals surface area contributed by atoms with E-state index in [9.17, 15) is 32.3 Å². The number of ketones is 1. The second kappa shape index (κ2) is 7.64. The molecule has 3 atom stereocenters. The molecule has 1 aliphatic heterocycles. The Labute approximate surface area is 176 Å². The molecule has 2 aromatic carbocycles. The highest BCUT2D eigenvalue weighted by Crippen LogP contribution is 2.44. The van der Waals surface area contributed by atoms with Crippen molar-refractivity contribution in [2.75, 3.05) is 0 Å². The third-order valence-electron chi connectivity index (χ3n) is 5.35. The van der Waals surface area contributed by atoms with Crippen LogP contribution in [0.25, 0.3) is 0 Å². The molecule has 3 rings (SSSR count). The summed E-state index contributed by atoms with van der Waals surface area (Å²) in [5.41, 5.74) is -3.18. The summed E-state index contributed by atoms with van der Waals surface area (Å²) in [6.45, 7) is 5.87. The van der Waals surface area contributed by atoms with E-state index in [-0.39, 0.29) is 16.5 Å². The van der Waals surface area contributed by atoms with Gasteiger partial charge in [0.05, 0.1) is 6.04 Å². The molecule has 2 amide bonds. The molecule has 2 aromatic rings. The predicted octanol–water partition coefficient (Wildman–Crippen LogP) is 4.23. The molecule has 0 aliphatic carbocycles. The summed E-state index contributed by atoms with van der Waals surface area (Å²) in [7, 11) is 0. The minimum atomic E-state index is -5.35. The number of halogens is 4. The van der Waals surface area contributed by atoms with Crippen molar-refractivity contribution in [2.45, 2.75) is 44.1 Å². The molecule has 0 aromatic heterocycles. The van der Waals surface area contributed by atoms with Crippen molar-refractivity contribution in [3.8, 4) is 0 Å². The van der Waals surface area contributed by atoms with Gasteiger partial charge >= 0.3 is 12.2 Å². The average Bonchev–Trinajstić information content (AvgIpc) is 2.66. The van der Waals surface area contributed by atoms with Crippen LogP contribution in [0, 0.1) is 11.7 Å². The first-order valence-corrected chi connectivity index (χ1v) is 9.52. The third-order valence-corrected chi connectivity index (χ3v) is 5.35. The van der Waals surface area contributed by atoms with Crippen LogP contribution in [-0.2, 0) is 5.41 Å². The van der Waals surface area contributed by atoms with Gasteiger partial charge < -0.3 is 15.7 Å². The molecule has 5 nitrogen and oxygen atoms in total. The summed E-state index contributed by atoms with van der Waals surface area (Å²) < 4.78 is 54.9. The molecular weight excluding hydrogens is 416 g/mol. The Morgan fingerprint density at radius 1 is 1.00 bits per heavy atom. The Balaban J connectivity index is 2.13. The monoisotopic (exact) mass is 438 g/mol. The predicted molar refractivity (Wildman–Crippen MR) is 105 cm³/mol. The first-order valence-electron chi connectivity index (χ1n) is 9.52. The van der Waals surface area contributed by atoms with Crippen LogP contribution in [0.15, 0.2) is 48.5 Å². The number of benzene rings is 2. The maximum atomic E-state index is 13.9. The van der Waals surface area contributed by atoms with Crippen molar-refractivity contribution in [3.05, 3.63) is 71.0 Å². The fourth-order valence-corrected chi connectivity index (χ4v) is 3.60. The van der Waals surface area contributed by atoms with Crippen LogP contribution in [-0.4, -0.2) is 28.8 Å². The molecule has 0 spiro atoms. The van der Waals surface area contributed by atoms with Gasteiger partial charge in [-0.15, -0.1) is 0 Å². The first-order chi connectivity index (χ1) is 14.2. The van der Waals surface area contributed by atoms with Gasteiger partial charge in [0.1, 0.15) is 11.7 Å². The van der Waals surface area contributed by atoms with E-state index in [1.165, 1.54) is 17.4 Å². The van der Waals surface area contributed by atoms with Crippen molar-refractivity contribution in [2.24, 2.45) is 5.92 Å². The van der Waals surface area contributed by atoms with Gasteiger partial charge in [0.15, 0.2) is 5.78 Å². The van der Waals surface area contributed by atoms with Crippen LogP contribution in [0.3, 0.4) is 0 Å². The van der Waals surface area contributed by atoms with Crippen LogP contribution in [0.1, 0.15) is 48.3 Å². The number of amides is 2. The summed E-state index contributed by atoms with van der Waals surface area (Å²) in [4.78, 5) is 25.2. The molecule has 1 heterocycles. The number of aliphatic hydroxyl groups is 1. The maximum Gasteiger partial charge on any atom is 0.437 e. The molecule has 9 heteroatoms. The third kappa shape index (κ3) is 4.27. The van der Waals surface area contributed by atoms with Gasteiger partial charge in [-0.1, -0.05) is 45.0 Å². The summed E-state index contributed by atoms with van der Waals surface area (Å²) in [6, 6.07) is 7.58. The SMILES string of the molecule is CC(C)(C)c1ccc(C2NC(=O)NC(O)(C(F)(F)F)C2C(=O)c2ccc(F)cc2)cc1. The summed E-state index contributed by atoms with van der Waals surface area (Å²) >= 11 is 0. The molecule has 1 saturated heterocycles. The lowest BCUT2D eigenvalue weighted by Gasteiger charge is -2.45. The van der Waals surface area contributed by atoms with Gasteiger partial charge in [-0.05, 0) is 40.8 Å². The Bertz CT molecular complexity index is 982. The van der Waals surface area contributed by atoms with Crippen LogP contribution in [0.2, 0.25) is 0 Å². The van der Waals surface area contributed by atoms with Crippen molar-refractivity contribution < 1.29 is 32.3 Å². The van der Waals surface area contributed by atoms with Gasteiger partial charge in [-0.3, -0.25) is 4.79 Å². The van der Waals surface area contributed by atoms with E-state index < -0.39 is 41.5 Å². The van der Waals surface area contributed by atoms with Crippen LogP contribution < -0.4 is 10.6 Å². The molecule has 0 saturated carbocycles. The summed E-state index contributed by atoms with van der Waals surface area (Å²) in [5.74, 6) is -3.93. The summed E-state index contributed by atoms with van der Waals surface area (Å²) in [5, 5.41) is 14.3. The number of rotatable bonds is 3. The van der Waals surface area contributed by atoms with Gasteiger partial charge in [0.25, 0.3) is 0 Å². The first kappa shape index (κ1) is 22.7. The fourth-order valence-electron chi connectivity index (χ4n) is 3.60. The van der Waals surface area contributed by atoms with E-state index in [4.69, 9.17) is 0 Å². The highest BCUT2D eigenvalue weighted by Gasteiger charge is 2.66. The lowest BCUT2D eigenvalue weighted by Crippen LogP contribution is -2.72. The maximum absolute atomic E-state index is 13.9. The second-order valence-corrected chi connectivity index (χ2v) is 8.56. The number of Topliss-reactive ketones (excluding diaryl/α,β-unsaturated/α-hetero) is 1. The zero-order chi connectivity index (χ0) is 23.2. The lowest BCUT2D eigenvalue weighted by atomic mass is 9.76. The largest absolute Gasteiger partial charge is 0.437 e. The number of hydrogen-bond donors (Lipinski definition) is 3. The standard InChI is InChI=1S/C22H22F4N2O3/c1-20(2,3)14-8-4-12(5-9-14)17-16(18(29)13-6-10-15(23)11-7-13)21(31,22(24,25)26)28-19(30)27-17/h4-11,16-17,31H,1-3H3,(H2,27,28,30). The van der Waals surface area contributed by atoms with Gasteiger partial charge in [-0.25, -0.2) is 9.18 Å². The summed E-state index contributed by atoms with van der Waals surface area (Å²) in [6.07, 6.45) is -5.35. The highest BCUT2D eigenvalue weighted by atomic mass is 19.4. The van der Waals surface area contributed by atoms with E-state index in [1.807, 2.05) is 20.8 Å². The molecule has 1 fully saturated rings.